The molecule has 37 heavy (non-hydrogen) atoms. The van der Waals surface area contributed by atoms with E-state index >= 15 is 0 Å². The largest absolute Gasteiger partial charge is 0.472 e. The van der Waals surface area contributed by atoms with Crippen LogP contribution in [0.4, 0.5) is 0 Å². The van der Waals surface area contributed by atoms with Crippen molar-refractivity contribution in [3.05, 3.63) is 48.6 Å². The Kier molecular flexibility index (Phi) is 18.5. The van der Waals surface area contributed by atoms with Crippen LogP contribution in [0, 0.1) is 0 Å². The van der Waals surface area contributed by atoms with Gasteiger partial charge in [-0.3, -0.25) is 13.8 Å². The average Bonchev–Trinajstić information content (AvgIpc) is 3.21. The van der Waals surface area contributed by atoms with Crippen molar-refractivity contribution in [1.29, 1.82) is 0 Å². The molecule has 1 heterocycles. The predicted molar refractivity (Wildman–Crippen MR) is 148 cm³/mol. The smallest absolute Gasteiger partial charge is 0.354 e. The van der Waals surface area contributed by atoms with Crippen LogP contribution in [-0.4, -0.2) is 49.1 Å². The van der Waals surface area contributed by atoms with E-state index in [1.165, 1.54) is 25.7 Å². The van der Waals surface area contributed by atoms with Gasteiger partial charge in [-0.15, -0.1) is 0 Å². The predicted octanol–water partition coefficient (Wildman–Crippen LogP) is 6.53. The van der Waals surface area contributed by atoms with Crippen molar-refractivity contribution in [3.8, 4) is 0 Å². The van der Waals surface area contributed by atoms with Crippen molar-refractivity contribution in [2.24, 2.45) is 0 Å². The number of rotatable bonds is 21. The lowest BCUT2D eigenvalue weighted by Crippen LogP contribution is -2.27. The first-order valence-electron chi connectivity index (χ1n) is 13.5. The lowest BCUT2D eigenvalue weighted by atomic mass is 10.2. The number of phosphoric ester groups is 1. The van der Waals surface area contributed by atoms with Crippen molar-refractivity contribution in [2.75, 3.05) is 26.4 Å². The van der Waals surface area contributed by atoms with Gasteiger partial charge in [0, 0.05) is 13.0 Å². The number of carbonyl (C=O) groups is 1. The van der Waals surface area contributed by atoms with Crippen LogP contribution in [0.2, 0.25) is 0 Å². The molecule has 0 radical (unpaired) electrons. The quantitative estimate of drug-likeness (QED) is 0.0967. The van der Waals surface area contributed by atoms with E-state index in [-0.39, 0.29) is 32.3 Å². The molecule has 1 amide bonds. The number of carbonyl (C=O) groups excluding carboxylic acids is 1. The number of allylic oxidation sites excluding steroid dienone is 8. The summed E-state index contributed by atoms with van der Waals surface area (Å²) in [6.45, 7) is 5.93. The highest BCUT2D eigenvalue weighted by Crippen LogP contribution is 2.43. The third kappa shape index (κ3) is 20.1. The zero-order chi connectivity index (χ0) is 27.2. The summed E-state index contributed by atoms with van der Waals surface area (Å²) in [5.41, 5.74) is 0. The summed E-state index contributed by atoms with van der Waals surface area (Å²) < 4.78 is 32.6. The van der Waals surface area contributed by atoms with Crippen LogP contribution in [0.1, 0.15) is 85.0 Å². The molecule has 2 unspecified atom stereocenters. The van der Waals surface area contributed by atoms with Gasteiger partial charge >= 0.3 is 7.82 Å². The van der Waals surface area contributed by atoms with E-state index in [0.717, 1.165) is 32.1 Å². The fourth-order valence-corrected chi connectivity index (χ4v) is 4.19. The zero-order valence-electron chi connectivity index (χ0n) is 22.9. The third-order valence-electron chi connectivity index (χ3n) is 5.40. The highest BCUT2D eigenvalue weighted by Gasteiger charge is 2.34. The third-order valence-corrected chi connectivity index (χ3v) is 6.39. The van der Waals surface area contributed by atoms with Crippen LogP contribution in [0.15, 0.2) is 48.6 Å². The summed E-state index contributed by atoms with van der Waals surface area (Å²) in [7, 11) is -4.21. The second kappa shape index (κ2) is 20.4. The minimum Gasteiger partial charge on any atom is -0.354 e. The molecular weight excluding hydrogens is 493 g/mol. The number of hydrogen-bond acceptors (Lipinski definition) is 6. The number of phosphoric acid groups is 1. The van der Waals surface area contributed by atoms with Crippen LogP contribution >= 0.6 is 7.82 Å². The summed E-state index contributed by atoms with van der Waals surface area (Å²) in [5.74, 6) is -0.847. The molecule has 1 fully saturated rings. The van der Waals surface area contributed by atoms with Gasteiger partial charge in [0.05, 0.1) is 19.8 Å². The van der Waals surface area contributed by atoms with Crippen LogP contribution in [-0.2, 0) is 27.9 Å². The molecule has 212 valence electrons. The van der Waals surface area contributed by atoms with Gasteiger partial charge < -0.3 is 19.7 Å². The molecule has 1 aliphatic heterocycles. The summed E-state index contributed by atoms with van der Waals surface area (Å²) in [4.78, 5) is 21.6. The molecule has 0 aromatic carbocycles. The van der Waals surface area contributed by atoms with Crippen molar-refractivity contribution in [1.82, 2.24) is 5.32 Å². The molecule has 0 aromatic heterocycles. The second-order valence-corrected chi connectivity index (χ2v) is 10.8. The molecule has 1 aliphatic rings. The van der Waals surface area contributed by atoms with Gasteiger partial charge in [0.1, 0.15) is 6.10 Å². The highest BCUT2D eigenvalue weighted by atomic mass is 31.2. The lowest BCUT2D eigenvalue weighted by Gasteiger charge is -2.18. The van der Waals surface area contributed by atoms with Gasteiger partial charge in [-0.2, -0.15) is 0 Å². The Morgan fingerprint density at radius 1 is 0.973 bits per heavy atom. The van der Waals surface area contributed by atoms with Gasteiger partial charge in [0.2, 0.25) is 5.91 Å². The lowest BCUT2D eigenvalue weighted by molar-refractivity contribution is -0.142. The average molecular weight is 542 g/mol. The molecule has 0 saturated carbocycles. The molecule has 1 rings (SSSR count). The number of unbranched alkanes of at least 4 members (excludes halogenated alkanes) is 4. The van der Waals surface area contributed by atoms with Crippen LogP contribution in [0.3, 0.4) is 0 Å². The number of amides is 1. The van der Waals surface area contributed by atoms with Crippen LogP contribution in [0.25, 0.3) is 0 Å². The van der Waals surface area contributed by atoms with E-state index in [1.54, 1.807) is 13.8 Å². The fourth-order valence-electron chi connectivity index (χ4n) is 3.44. The minimum absolute atomic E-state index is 0.110. The molecular formula is C28H48NO7P. The summed E-state index contributed by atoms with van der Waals surface area (Å²) in [6.07, 6.45) is 26.8. The second-order valence-electron chi connectivity index (χ2n) is 9.38. The number of nitrogens with one attached hydrogen (secondary N) is 1. The SMILES string of the molecule is CCCCC/C=C\C/C=C\C/C=C\C/C=C\CCCC(=O)NCCOP(=O)(O)OCC1COC(C)(C)O1. The Morgan fingerprint density at radius 3 is 2.14 bits per heavy atom. The van der Waals surface area contributed by atoms with E-state index < -0.39 is 19.7 Å². The Labute approximate surface area is 223 Å². The Morgan fingerprint density at radius 2 is 1.57 bits per heavy atom. The van der Waals surface area contributed by atoms with Gasteiger partial charge in [-0.05, 0) is 58.8 Å². The minimum atomic E-state index is -4.21. The van der Waals surface area contributed by atoms with Crippen molar-refractivity contribution in [2.45, 2.75) is 96.9 Å². The topological polar surface area (TPSA) is 103 Å². The van der Waals surface area contributed by atoms with Crippen molar-refractivity contribution >= 4 is 13.7 Å². The van der Waals surface area contributed by atoms with E-state index in [1.807, 2.05) is 0 Å². The molecule has 2 N–H and O–H groups in total. The first-order valence-corrected chi connectivity index (χ1v) is 15.0. The van der Waals surface area contributed by atoms with Crippen molar-refractivity contribution < 1.29 is 32.8 Å². The fraction of sp³-hybridized carbons (Fsp3) is 0.679. The van der Waals surface area contributed by atoms with Gasteiger partial charge in [-0.25, -0.2) is 4.57 Å². The molecule has 2 atom stereocenters. The first kappa shape index (κ1) is 33.5. The maximum atomic E-state index is 11.9. The highest BCUT2D eigenvalue weighted by molar-refractivity contribution is 7.47. The van der Waals surface area contributed by atoms with Crippen LogP contribution < -0.4 is 5.32 Å². The van der Waals surface area contributed by atoms with E-state index in [0.29, 0.717) is 6.42 Å². The van der Waals surface area contributed by atoms with Gasteiger partial charge in [0.25, 0.3) is 0 Å². The summed E-state index contributed by atoms with van der Waals surface area (Å²) >= 11 is 0. The number of ether oxygens (including phenoxy) is 2. The number of hydrogen-bond donors (Lipinski definition) is 2. The first-order chi connectivity index (χ1) is 17.7. The molecule has 0 aromatic rings. The molecule has 0 aliphatic carbocycles. The van der Waals surface area contributed by atoms with E-state index in [9.17, 15) is 14.3 Å². The van der Waals surface area contributed by atoms with Gasteiger partial charge in [0.15, 0.2) is 5.79 Å². The summed E-state index contributed by atoms with van der Waals surface area (Å²) in [6, 6.07) is 0. The van der Waals surface area contributed by atoms with Crippen LogP contribution in [0.5, 0.6) is 0 Å². The van der Waals surface area contributed by atoms with E-state index in [4.69, 9.17) is 18.5 Å². The molecule has 9 heteroatoms. The Balaban J connectivity index is 1.96. The molecule has 0 bridgehead atoms. The van der Waals surface area contributed by atoms with Gasteiger partial charge in [-0.1, -0.05) is 68.4 Å². The summed E-state index contributed by atoms with van der Waals surface area (Å²) in [5, 5.41) is 2.68. The van der Waals surface area contributed by atoms with E-state index in [2.05, 4.69) is 60.8 Å². The monoisotopic (exact) mass is 541 g/mol. The maximum Gasteiger partial charge on any atom is 0.472 e. The molecule has 0 spiro atoms. The van der Waals surface area contributed by atoms with Crippen molar-refractivity contribution in [3.63, 3.8) is 0 Å². The standard InChI is InChI=1S/C28H48NO7P/c1-4-5-6-7-8-9-10-11-12-13-14-15-16-17-18-19-20-21-27(30)29-22-23-34-37(31,32)35-25-26-24-33-28(2,3)36-26/h8-9,11-12,14-15,17-18,26H,4-7,10,13,16,19-25H2,1-3H3,(H,29,30)(H,31,32)/b9-8-,12-11-,15-14-,18-17-. The molecule has 8 nitrogen and oxygen atoms in total. The molecule has 1 saturated heterocycles. The maximum absolute atomic E-state index is 11.9. The zero-order valence-corrected chi connectivity index (χ0v) is 23.8. The normalized spacial score (nSPS) is 19.5. The Bertz CT molecular complexity index is 776. The Hall–Kier alpha value is -1.54.